The van der Waals surface area contributed by atoms with Crippen molar-refractivity contribution in [2.45, 2.75) is 20.1 Å². The van der Waals surface area contributed by atoms with Gasteiger partial charge in [-0.3, -0.25) is 0 Å². The fourth-order valence-electron chi connectivity index (χ4n) is 1.63. The van der Waals surface area contributed by atoms with Gasteiger partial charge in [-0.05, 0) is 32.0 Å². The van der Waals surface area contributed by atoms with Gasteiger partial charge in [-0.2, -0.15) is 5.10 Å². The Bertz CT molecular complexity index is 467. The van der Waals surface area contributed by atoms with Gasteiger partial charge in [0, 0.05) is 16.5 Å². The fourth-order valence-corrected chi connectivity index (χ4v) is 2.00. The Labute approximate surface area is 97.2 Å². The molecule has 1 aromatic carbocycles. The molecule has 1 heterocycles. The number of rotatable bonds is 3. The standard InChI is InChI=1S/C11H13BrN2O/c1-3-15-8(2)14-11-5-4-10(12)6-9(11)7-13-14/h4-8H,3H2,1-2H3. The number of hydrogen-bond donors (Lipinski definition) is 0. The van der Waals surface area contributed by atoms with Gasteiger partial charge in [0.15, 0.2) is 0 Å². The van der Waals surface area contributed by atoms with E-state index in [1.165, 1.54) is 0 Å². The second-order valence-corrected chi connectivity index (χ2v) is 4.26. The summed E-state index contributed by atoms with van der Waals surface area (Å²) in [5.41, 5.74) is 1.10. The Morgan fingerprint density at radius 2 is 2.33 bits per heavy atom. The predicted octanol–water partition coefficient (Wildman–Crippen LogP) is 3.35. The van der Waals surface area contributed by atoms with Gasteiger partial charge in [0.1, 0.15) is 6.23 Å². The van der Waals surface area contributed by atoms with Crippen LogP contribution in [0.15, 0.2) is 28.9 Å². The number of hydrogen-bond acceptors (Lipinski definition) is 2. The van der Waals surface area contributed by atoms with Crippen LogP contribution in [0.2, 0.25) is 0 Å². The zero-order chi connectivity index (χ0) is 10.8. The first kappa shape index (κ1) is 10.6. The van der Waals surface area contributed by atoms with Crippen molar-refractivity contribution in [2.24, 2.45) is 0 Å². The summed E-state index contributed by atoms with van der Waals surface area (Å²) in [6.45, 7) is 4.68. The van der Waals surface area contributed by atoms with Crippen molar-refractivity contribution in [2.75, 3.05) is 6.61 Å². The van der Waals surface area contributed by atoms with Gasteiger partial charge in [-0.25, -0.2) is 4.68 Å². The normalized spacial score (nSPS) is 13.3. The summed E-state index contributed by atoms with van der Waals surface area (Å²) in [6.07, 6.45) is 1.84. The van der Waals surface area contributed by atoms with Crippen molar-refractivity contribution >= 4 is 26.8 Å². The molecule has 0 saturated heterocycles. The van der Waals surface area contributed by atoms with E-state index in [2.05, 4.69) is 27.1 Å². The van der Waals surface area contributed by atoms with Gasteiger partial charge < -0.3 is 4.74 Å². The van der Waals surface area contributed by atoms with Gasteiger partial charge in [-0.1, -0.05) is 15.9 Å². The van der Waals surface area contributed by atoms with E-state index in [0.29, 0.717) is 6.61 Å². The van der Waals surface area contributed by atoms with E-state index in [1.807, 2.05) is 36.9 Å². The molecule has 15 heavy (non-hydrogen) atoms. The molecule has 0 amide bonds. The zero-order valence-electron chi connectivity index (χ0n) is 8.77. The first-order valence-electron chi connectivity index (χ1n) is 4.96. The molecule has 1 aromatic heterocycles. The summed E-state index contributed by atoms with van der Waals surface area (Å²) in [5, 5.41) is 5.45. The highest BCUT2D eigenvalue weighted by atomic mass is 79.9. The van der Waals surface area contributed by atoms with Gasteiger partial charge in [0.2, 0.25) is 0 Å². The molecule has 0 saturated carbocycles. The lowest BCUT2D eigenvalue weighted by Crippen LogP contribution is -2.10. The largest absolute Gasteiger partial charge is 0.357 e. The maximum absolute atomic E-state index is 5.51. The lowest BCUT2D eigenvalue weighted by Gasteiger charge is -2.12. The molecule has 0 aliphatic carbocycles. The van der Waals surface area contributed by atoms with E-state index in [-0.39, 0.29) is 6.23 Å². The summed E-state index contributed by atoms with van der Waals surface area (Å²) in [4.78, 5) is 0. The highest BCUT2D eigenvalue weighted by Crippen LogP contribution is 2.22. The molecular formula is C11H13BrN2O. The van der Waals surface area contributed by atoms with Gasteiger partial charge >= 0.3 is 0 Å². The molecular weight excluding hydrogens is 256 g/mol. The van der Waals surface area contributed by atoms with Crippen molar-refractivity contribution < 1.29 is 4.74 Å². The molecule has 1 atom stereocenters. The zero-order valence-corrected chi connectivity index (χ0v) is 10.4. The van der Waals surface area contributed by atoms with Crippen LogP contribution in [0, 0.1) is 0 Å². The van der Waals surface area contributed by atoms with Crippen molar-refractivity contribution in [3.63, 3.8) is 0 Å². The number of halogens is 1. The monoisotopic (exact) mass is 268 g/mol. The first-order chi connectivity index (χ1) is 7.22. The maximum Gasteiger partial charge on any atom is 0.148 e. The smallest absolute Gasteiger partial charge is 0.148 e. The molecule has 0 radical (unpaired) electrons. The summed E-state index contributed by atoms with van der Waals surface area (Å²) < 4.78 is 8.48. The van der Waals surface area contributed by atoms with E-state index in [4.69, 9.17) is 4.74 Å². The van der Waals surface area contributed by atoms with Crippen LogP contribution in [0.3, 0.4) is 0 Å². The molecule has 1 unspecified atom stereocenters. The van der Waals surface area contributed by atoms with E-state index in [9.17, 15) is 0 Å². The topological polar surface area (TPSA) is 27.1 Å². The van der Waals surface area contributed by atoms with Crippen molar-refractivity contribution in [1.82, 2.24) is 9.78 Å². The third-order valence-corrected chi connectivity index (χ3v) is 2.80. The molecule has 0 N–H and O–H groups in total. The van der Waals surface area contributed by atoms with E-state index in [1.54, 1.807) is 0 Å². The van der Waals surface area contributed by atoms with Gasteiger partial charge in [-0.15, -0.1) is 0 Å². The number of ether oxygens (including phenoxy) is 1. The van der Waals surface area contributed by atoms with Crippen LogP contribution < -0.4 is 0 Å². The van der Waals surface area contributed by atoms with E-state index < -0.39 is 0 Å². The molecule has 0 aliphatic rings. The van der Waals surface area contributed by atoms with Crippen LogP contribution in [0.25, 0.3) is 10.9 Å². The number of fused-ring (bicyclic) bond motifs is 1. The van der Waals surface area contributed by atoms with Crippen LogP contribution in [0.1, 0.15) is 20.1 Å². The average molecular weight is 269 g/mol. The molecule has 0 bridgehead atoms. The Morgan fingerprint density at radius 3 is 3.07 bits per heavy atom. The molecule has 2 rings (SSSR count). The average Bonchev–Trinajstić information content (AvgIpc) is 2.60. The Hall–Kier alpha value is -0.870. The van der Waals surface area contributed by atoms with Crippen LogP contribution in [-0.2, 0) is 4.74 Å². The van der Waals surface area contributed by atoms with Crippen molar-refractivity contribution in [3.05, 3.63) is 28.9 Å². The number of benzene rings is 1. The van der Waals surface area contributed by atoms with E-state index >= 15 is 0 Å². The summed E-state index contributed by atoms with van der Waals surface area (Å²) >= 11 is 3.44. The van der Waals surface area contributed by atoms with Crippen LogP contribution >= 0.6 is 15.9 Å². The lowest BCUT2D eigenvalue weighted by molar-refractivity contribution is 0.0192. The minimum atomic E-state index is -0.0197. The second-order valence-electron chi connectivity index (χ2n) is 3.35. The highest BCUT2D eigenvalue weighted by molar-refractivity contribution is 9.10. The maximum atomic E-state index is 5.51. The van der Waals surface area contributed by atoms with Crippen molar-refractivity contribution in [1.29, 1.82) is 0 Å². The van der Waals surface area contributed by atoms with E-state index in [0.717, 1.165) is 15.4 Å². The Kier molecular flexibility index (Phi) is 3.07. The third-order valence-electron chi connectivity index (χ3n) is 2.31. The second kappa shape index (κ2) is 4.33. The SMILES string of the molecule is CCOC(C)n1ncc2cc(Br)ccc21. The molecule has 0 aliphatic heterocycles. The Morgan fingerprint density at radius 1 is 1.53 bits per heavy atom. The molecule has 0 spiro atoms. The molecule has 2 aromatic rings. The van der Waals surface area contributed by atoms with Crippen molar-refractivity contribution in [3.8, 4) is 0 Å². The summed E-state index contributed by atoms with van der Waals surface area (Å²) in [5.74, 6) is 0. The molecule has 4 heteroatoms. The fraction of sp³-hybridized carbons (Fsp3) is 0.364. The Balaban J connectivity index is 2.44. The van der Waals surface area contributed by atoms with Gasteiger partial charge in [0.05, 0.1) is 11.7 Å². The summed E-state index contributed by atoms with van der Waals surface area (Å²) in [7, 11) is 0. The minimum absolute atomic E-state index is 0.0197. The molecule has 80 valence electrons. The quantitative estimate of drug-likeness (QED) is 0.854. The first-order valence-corrected chi connectivity index (χ1v) is 5.76. The predicted molar refractivity (Wildman–Crippen MR) is 63.8 cm³/mol. The van der Waals surface area contributed by atoms with Crippen LogP contribution in [0.5, 0.6) is 0 Å². The third kappa shape index (κ3) is 2.06. The highest BCUT2D eigenvalue weighted by Gasteiger charge is 2.09. The number of nitrogens with zero attached hydrogens (tertiary/aromatic N) is 2. The van der Waals surface area contributed by atoms with Crippen LogP contribution in [0.4, 0.5) is 0 Å². The lowest BCUT2D eigenvalue weighted by atomic mass is 10.2. The molecule has 0 fully saturated rings. The van der Waals surface area contributed by atoms with Crippen LogP contribution in [-0.4, -0.2) is 16.4 Å². The molecule has 3 nitrogen and oxygen atoms in total. The minimum Gasteiger partial charge on any atom is -0.357 e. The summed E-state index contributed by atoms with van der Waals surface area (Å²) in [6, 6.07) is 6.11. The van der Waals surface area contributed by atoms with Gasteiger partial charge in [0.25, 0.3) is 0 Å². The number of aromatic nitrogens is 2.